The summed E-state index contributed by atoms with van der Waals surface area (Å²) >= 11 is 0. The van der Waals surface area contributed by atoms with Crippen LogP contribution in [0, 0.1) is 5.92 Å². The first-order chi connectivity index (χ1) is 11.6. The van der Waals surface area contributed by atoms with Gasteiger partial charge in [-0.3, -0.25) is 4.90 Å². The summed E-state index contributed by atoms with van der Waals surface area (Å²) in [5, 5.41) is 3.29. The third-order valence-electron chi connectivity index (χ3n) is 5.34. The Balaban J connectivity index is 1.71. The molecule has 1 fully saturated rings. The van der Waals surface area contributed by atoms with Gasteiger partial charge in [-0.05, 0) is 48.9 Å². The number of benzene rings is 2. The van der Waals surface area contributed by atoms with E-state index in [9.17, 15) is 0 Å². The Kier molecular flexibility index (Phi) is 5.39. The van der Waals surface area contributed by atoms with Gasteiger partial charge in [0, 0.05) is 13.1 Å². The summed E-state index contributed by atoms with van der Waals surface area (Å²) in [6.07, 6.45) is 2.44. The molecule has 0 bridgehead atoms. The molecule has 0 aromatic heterocycles. The standard InChI is InChI=1S/C20H28BN3/c1-20(22,24-13-11-16(12-14-24)15-23-21)19-9-7-18(8-10-19)17-5-3-2-4-6-17/h2-10,16,23H,11-15,21-22H2,1H3. The summed E-state index contributed by atoms with van der Waals surface area (Å²) in [5.41, 5.74) is 10.0. The van der Waals surface area contributed by atoms with Gasteiger partial charge in [0.05, 0.1) is 5.66 Å². The maximum Gasteiger partial charge on any atom is 0.181 e. The topological polar surface area (TPSA) is 41.3 Å². The van der Waals surface area contributed by atoms with Crippen molar-refractivity contribution in [2.45, 2.75) is 25.4 Å². The molecule has 3 N–H and O–H groups in total. The molecule has 3 nitrogen and oxygen atoms in total. The van der Waals surface area contributed by atoms with Crippen molar-refractivity contribution in [2.24, 2.45) is 11.7 Å². The Morgan fingerprint density at radius 3 is 2.21 bits per heavy atom. The second kappa shape index (κ2) is 7.52. The minimum atomic E-state index is -0.403. The average molecular weight is 321 g/mol. The quantitative estimate of drug-likeness (QED) is 0.831. The predicted octanol–water partition coefficient (Wildman–Crippen LogP) is 2.33. The van der Waals surface area contributed by atoms with Crippen LogP contribution in [0.5, 0.6) is 0 Å². The number of hydrogen-bond acceptors (Lipinski definition) is 3. The number of nitrogens with zero attached hydrogens (tertiary/aromatic N) is 1. The third kappa shape index (κ3) is 3.72. The molecule has 0 spiro atoms. The van der Waals surface area contributed by atoms with Crippen LogP contribution in [-0.4, -0.2) is 32.5 Å². The van der Waals surface area contributed by atoms with Crippen LogP contribution < -0.4 is 11.0 Å². The molecule has 1 aliphatic rings. The first kappa shape index (κ1) is 17.2. The van der Waals surface area contributed by atoms with Crippen molar-refractivity contribution >= 4 is 7.98 Å². The van der Waals surface area contributed by atoms with Crippen LogP contribution in [0.3, 0.4) is 0 Å². The van der Waals surface area contributed by atoms with Gasteiger partial charge in [-0.15, -0.1) is 0 Å². The first-order valence-electron chi connectivity index (χ1n) is 8.96. The van der Waals surface area contributed by atoms with Gasteiger partial charge >= 0.3 is 0 Å². The summed E-state index contributed by atoms with van der Waals surface area (Å²) in [4.78, 5) is 2.43. The molecular weight excluding hydrogens is 293 g/mol. The van der Waals surface area contributed by atoms with E-state index in [4.69, 9.17) is 5.73 Å². The highest BCUT2D eigenvalue weighted by Crippen LogP contribution is 2.29. The molecular formula is C20H28BN3. The van der Waals surface area contributed by atoms with Gasteiger partial charge < -0.3 is 11.0 Å². The highest BCUT2D eigenvalue weighted by molar-refractivity contribution is 6.04. The lowest BCUT2D eigenvalue weighted by Gasteiger charge is -2.43. The van der Waals surface area contributed by atoms with E-state index < -0.39 is 5.66 Å². The fourth-order valence-electron chi connectivity index (χ4n) is 3.70. The van der Waals surface area contributed by atoms with Gasteiger partial charge in [-0.25, -0.2) is 0 Å². The predicted molar refractivity (Wildman–Crippen MR) is 104 cm³/mol. The van der Waals surface area contributed by atoms with Crippen LogP contribution in [0.15, 0.2) is 54.6 Å². The van der Waals surface area contributed by atoms with Crippen molar-refractivity contribution in [1.29, 1.82) is 0 Å². The number of hydrogen-bond donors (Lipinski definition) is 2. The molecule has 1 atom stereocenters. The second-order valence-electron chi connectivity index (χ2n) is 7.08. The molecule has 0 radical (unpaired) electrons. The molecule has 0 amide bonds. The van der Waals surface area contributed by atoms with E-state index in [1.54, 1.807) is 0 Å². The minimum absolute atomic E-state index is 0.403. The monoisotopic (exact) mass is 321 g/mol. The van der Waals surface area contributed by atoms with E-state index in [1.165, 1.54) is 29.5 Å². The fraction of sp³-hybridized carbons (Fsp3) is 0.400. The third-order valence-corrected chi connectivity index (χ3v) is 5.34. The Morgan fingerprint density at radius 1 is 1.04 bits per heavy atom. The number of likely N-dealkylation sites (tertiary alicyclic amines) is 1. The summed E-state index contributed by atoms with van der Waals surface area (Å²) in [5.74, 6) is 0.780. The van der Waals surface area contributed by atoms with Gasteiger partial charge in [-0.2, -0.15) is 0 Å². The van der Waals surface area contributed by atoms with Crippen LogP contribution in [-0.2, 0) is 5.66 Å². The van der Waals surface area contributed by atoms with E-state index >= 15 is 0 Å². The van der Waals surface area contributed by atoms with E-state index in [-0.39, 0.29) is 0 Å². The molecule has 126 valence electrons. The lowest BCUT2D eigenvalue weighted by molar-refractivity contribution is 0.0651. The molecule has 1 saturated heterocycles. The Hall–Kier alpha value is -1.62. The number of piperidine rings is 1. The van der Waals surface area contributed by atoms with Crippen molar-refractivity contribution in [3.05, 3.63) is 60.2 Å². The summed E-state index contributed by atoms with van der Waals surface area (Å²) in [6, 6.07) is 19.2. The lowest BCUT2D eigenvalue weighted by Crippen LogP contribution is -2.54. The highest BCUT2D eigenvalue weighted by Gasteiger charge is 2.32. The van der Waals surface area contributed by atoms with Crippen molar-refractivity contribution in [3.8, 4) is 11.1 Å². The fourth-order valence-corrected chi connectivity index (χ4v) is 3.70. The van der Waals surface area contributed by atoms with Crippen molar-refractivity contribution < 1.29 is 0 Å². The molecule has 3 rings (SSSR count). The maximum atomic E-state index is 6.73. The average Bonchev–Trinajstić information content (AvgIpc) is 2.63. The van der Waals surface area contributed by atoms with Crippen molar-refractivity contribution in [1.82, 2.24) is 10.1 Å². The van der Waals surface area contributed by atoms with Gasteiger partial charge in [-0.1, -0.05) is 54.6 Å². The van der Waals surface area contributed by atoms with E-state index in [0.717, 1.165) is 25.6 Å². The zero-order chi connectivity index (χ0) is 17.0. The Bertz CT molecular complexity index is 632. The van der Waals surface area contributed by atoms with Crippen LogP contribution in [0.25, 0.3) is 11.1 Å². The zero-order valence-corrected chi connectivity index (χ0v) is 14.8. The molecule has 2 aromatic carbocycles. The van der Waals surface area contributed by atoms with Crippen LogP contribution in [0.1, 0.15) is 25.3 Å². The molecule has 0 aliphatic carbocycles. The van der Waals surface area contributed by atoms with Crippen LogP contribution in [0.4, 0.5) is 0 Å². The van der Waals surface area contributed by atoms with Gasteiger partial charge in [0.15, 0.2) is 7.98 Å². The first-order valence-corrected chi connectivity index (χ1v) is 8.96. The van der Waals surface area contributed by atoms with E-state index in [2.05, 4.69) is 65.6 Å². The smallest absolute Gasteiger partial charge is 0.181 e. The Labute approximate surface area is 146 Å². The molecule has 1 aliphatic heterocycles. The number of nitrogens with one attached hydrogen (secondary N) is 1. The molecule has 0 saturated carbocycles. The molecule has 2 aromatic rings. The molecule has 4 heteroatoms. The summed E-state index contributed by atoms with van der Waals surface area (Å²) in [7, 11) is 2.04. The van der Waals surface area contributed by atoms with Crippen molar-refractivity contribution in [3.63, 3.8) is 0 Å². The van der Waals surface area contributed by atoms with Crippen molar-refractivity contribution in [2.75, 3.05) is 19.6 Å². The number of rotatable bonds is 5. The molecule has 24 heavy (non-hydrogen) atoms. The van der Waals surface area contributed by atoms with E-state index in [1.807, 2.05) is 14.0 Å². The summed E-state index contributed by atoms with van der Waals surface area (Å²) in [6.45, 7) is 5.39. The normalized spacial score (nSPS) is 19.1. The maximum absolute atomic E-state index is 6.73. The lowest BCUT2D eigenvalue weighted by atomic mass is 9.91. The highest BCUT2D eigenvalue weighted by atomic mass is 15.3. The molecule has 1 unspecified atom stereocenters. The van der Waals surface area contributed by atoms with Crippen LogP contribution in [0.2, 0.25) is 0 Å². The van der Waals surface area contributed by atoms with Crippen LogP contribution >= 0.6 is 0 Å². The SMILES string of the molecule is BNCC1CCN(C(C)(N)c2ccc(-c3ccccc3)cc2)CC1. The van der Waals surface area contributed by atoms with Gasteiger partial charge in [0.1, 0.15) is 0 Å². The largest absolute Gasteiger partial charge is 0.362 e. The second-order valence-corrected chi connectivity index (χ2v) is 7.08. The number of nitrogens with two attached hydrogens (primary N) is 1. The zero-order valence-electron chi connectivity index (χ0n) is 14.8. The Morgan fingerprint density at radius 2 is 1.62 bits per heavy atom. The van der Waals surface area contributed by atoms with Gasteiger partial charge in [0.2, 0.25) is 0 Å². The van der Waals surface area contributed by atoms with E-state index in [0.29, 0.717) is 0 Å². The minimum Gasteiger partial charge on any atom is -0.362 e. The van der Waals surface area contributed by atoms with Gasteiger partial charge in [0.25, 0.3) is 0 Å². The molecule has 1 heterocycles. The summed E-state index contributed by atoms with van der Waals surface area (Å²) < 4.78 is 0.